The van der Waals surface area contributed by atoms with Crippen LogP contribution in [0.2, 0.25) is 0 Å². The van der Waals surface area contributed by atoms with Gasteiger partial charge < -0.3 is 33.9 Å². The summed E-state index contributed by atoms with van der Waals surface area (Å²) >= 11 is 0. The highest BCUT2D eigenvalue weighted by Gasteiger charge is 2.50. The number of methoxy groups -OCH3 is 1. The number of ether oxygens (including phenoxy) is 4. The van der Waals surface area contributed by atoms with Crippen LogP contribution >= 0.6 is 0 Å². The summed E-state index contributed by atoms with van der Waals surface area (Å²) in [6.07, 6.45) is 5.71. The van der Waals surface area contributed by atoms with Crippen LogP contribution in [0.1, 0.15) is 45.4 Å². The maximum atomic E-state index is 17.0. The normalized spacial score (nSPS) is 23.3. The fourth-order valence-corrected chi connectivity index (χ4v) is 7.97. The molecule has 1 amide bonds. The Hall–Kier alpha value is -4.47. The third kappa shape index (κ3) is 6.76. The van der Waals surface area contributed by atoms with E-state index in [4.69, 9.17) is 23.9 Å². The molecule has 0 saturated carbocycles. The van der Waals surface area contributed by atoms with Crippen molar-refractivity contribution in [2.75, 3.05) is 65.7 Å². The molecule has 3 aliphatic rings. The van der Waals surface area contributed by atoms with Gasteiger partial charge in [0.25, 0.3) is 0 Å². The number of nitrogens with zero attached hydrogens (tertiary/aromatic N) is 6. The van der Waals surface area contributed by atoms with E-state index in [1.807, 2.05) is 4.90 Å². The highest BCUT2D eigenvalue weighted by Crippen LogP contribution is 2.44. The first-order valence-electron chi connectivity index (χ1n) is 17.5. The van der Waals surface area contributed by atoms with Crippen LogP contribution in [-0.4, -0.2) is 114 Å². The van der Waals surface area contributed by atoms with Crippen molar-refractivity contribution in [3.63, 3.8) is 0 Å². The van der Waals surface area contributed by atoms with Crippen molar-refractivity contribution >= 4 is 33.6 Å². The molecule has 2 aromatic carbocycles. The van der Waals surface area contributed by atoms with Crippen molar-refractivity contribution in [3.8, 4) is 23.0 Å². The number of benzene rings is 2. The molecule has 0 aliphatic carbocycles. The molecule has 0 bridgehead atoms. The number of anilines is 1. The van der Waals surface area contributed by atoms with Gasteiger partial charge in [0, 0.05) is 57.5 Å². The molecule has 3 fully saturated rings. The molecule has 3 saturated heterocycles. The number of pyridine rings is 1. The van der Waals surface area contributed by atoms with E-state index in [0.29, 0.717) is 25.2 Å². The Morgan fingerprint density at radius 2 is 1.87 bits per heavy atom. The van der Waals surface area contributed by atoms with Gasteiger partial charge in [-0.3, -0.25) is 9.88 Å². The van der Waals surface area contributed by atoms with Crippen LogP contribution in [0, 0.1) is 17.5 Å². The number of piperidine rings is 1. The average Bonchev–Trinajstić information content (AvgIpc) is 3.69. The smallest absolute Gasteiger partial charge is 0.409 e. The van der Waals surface area contributed by atoms with Crippen molar-refractivity contribution < 1.29 is 42.0 Å². The van der Waals surface area contributed by atoms with Gasteiger partial charge in [0.05, 0.1) is 16.5 Å². The van der Waals surface area contributed by atoms with Gasteiger partial charge in [-0.2, -0.15) is 9.97 Å². The van der Waals surface area contributed by atoms with Crippen LogP contribution in [0.4, 0.5) is 23.8 Å². The first kappa shape index (κ1) is 35.9. The Morgan fingerprint density at radius 3 is 2.63 bits per heavy atom. The molecule has 7 rings (SSSR count). The average molecular weight is 725 g/mol. The fraction of sp³-hybridized carbons (Fsp3) is 0.514. The van der Waals surface area contributed by atoms with Crippen molar-refractivity contribution in [2.45, 2.75) is 62.6 Å². The van der Waals surface area contributed by atoms with Crippen LogP contribution in [0.25, 0.3) is 32.9 Å². The van der Waals surface area contributed by atoms with Crippen molar-refractivity contribution in [2.24, 2.45) is 0 Å². The molecule has 5 heterocycles. The molecule has 0 radical (unpaired) electrons. The van der Waals surface area contributed by atoms with E-state index < -0.39 is 29.1 Å². The first-order chi connectivity index (χ1) is 24.9. The lowest BCUT2D eigenvalue weighted by molar-refractivity contribution is 0.0442. The van der Waals surface area contributed by atoms with Crippen molar-refractivity contribution in [3.05, 3.63) is 47.9 Å². The summed E-state index contributed by atoms with van der Waals surface area (Å²) in [5.41, 5.74) is -1.77. The Morgan fingerprint density at radius 1 is 1.06 bits per heavy atom. The highest BCUT2D eigenvalue weighted by atomic mass is 19.2. The molecular weight excluding hydrogens is 681 g/mol. The quantitative estimate of drug-likeness (QED) is 0.204. The predicted octanol–water partition coefficient (Wildman–Crippen LogP) is 5.67. The summed E-state index contributed by atoms with van der Waals surface area (Å²) in [5, 5.41) is 11.4. The zero-order chi connectivity index (χ0) is 36.8. The number of aliphatic hydroxyl groups is 1. The number of rotatable bonds is 10. The number of carbonyl (C=O) groups is 1. The lowest BCUT2D eigenvalue weighted by Gasteiger charge is -2.38. The predicted molar refractivity (Wildman–Crippen MR) is 187 cm³/mol. The van der Waals surface area contributed by atoms with Gasteiger partial charge in [0.2, 0.25) is 0 Å². The molecule has 0 spiro atoms. The molecule has 1 N–H and O–H groups in total. The SMILES string of the molecule is COCOc1cc(-c2ncc3c(N4CCC[C@@](C)(O)C4)nc(OC[C@]45CCCN4[C@H](COC(=O)N(C)C)CC5)nc3c2F)c2c(F)c(F)ccc2c1. The molecule has 4 aromatic rings. The van der Waals surface area contributed by atoms with E-state index in [1.165, 1.54) is 36.4 Å². The molecule has 3 atom stereocenters. The molecule has 3 aliphatic heterocycles. The van der Waals surface area contributed by atoms with Gasteiger partial charge >= 0.3 is 12.1 Å². The standard InChI is InChI=1S/C37H43F3N6O6/c1-36(48)10-5-13-45(19-36)33-26-17-41-31(25-16-24(52-21-49-4)15-22-7-8-27(38)29(39)28(22)25)30(40)32(26)42-34(43-33)51-20-37-11-6-14-46(37)23(9-12-37)18-50-35(47)44(2)3/h7-8,15-17,23,48H,5-6,9-14,18-21H2,1-4H3/t23-,36+,37+/m0/s1. The van der Waals surface area contributed by atoms with Crippen LogP contribution in [0.15, 0.2) is 30.5 Å². The van der Waals surface area contributed by atoms with E-state index in [0.717, 1.165) is 38.3 Å². The number of amides is 1. The van der Waals surface area contributed by atoms with E-state index in [2.05, 4.69) is 14.9 Å². The monoisotopic (exact) mass is 724 g/mol. The molecule has 52 heavy (non-hydrogen) atoms. The van der Waals surface area contributed by atoms with Crippen LogP contribution in [0.3, 0.4) is 0 Å². The van der Waals surface area contributed by atoms with Gasteiger partial charge in [0.15, 0.2) is 24.2 Å². The zero-order valence-electron chi connectivity index (χ0n) is 29.8. The Bertz CT molecular complexity index is 2000. The molecular formula is C37H43F3N6O6. The second-order valence-corrected chi connectivity index (χ2v) is 14.5. The number of hydrogen-bond donors (Lipinski definition) is 1. The lowest BCUT2D eigenvalue weighted by atomic mass is 9.95. The Balaban J connectivity index is 1.29. The number of β-amino-alcohol motifs (C(OH)–C–C–N with tert-alkyl or cyclic N) is 1. The molecule has 0 unspecified atom stereocenters. The maximum absolute atomic E-state index is 17.0. The number of carbonyl (C=O) groups excluding carboxylic acids is 1. The first-order valence-corrected chi connectivity index (χ1v) is 17.5. The zero-order valence-corrected chi connectivity index (χ0v) is 29.8. The van der Waals surface area contributed by atoms with Gasteiger partial charge in [0.1, 0.15) is 36.0 Å². The number of halogens is 3. The van der Waals surface area contributed by atoms with Crippen molar-refractivity contribution in [1.29, 1.82) is 0 Å². The van der Waals surface area contributed by atoms with Gasteiger partial charge in [-0.1, -0.05) is 6.07 Å². The summed E-state index contributed by atoms with van der Waals surface area (Å²) in [5.74, 6) is -2.54. The minimum Gasteiger partial charge on any atom is -0.468 e. The second kappa shape index (κ2) is 14.2. The minimum absolute atomic E-state index is 0.0315. The van der Waals surface area contributed by atoms with Crippen LogP contribution in [-0.2, 0) is 9.47 Å². The number of fused-ring (bicyclic) bond motifs is 3. The Labute approximate surface area is 299 Å². The Kier molecular flexibility index (Phi) is 9.78. The van der Waals surface area contributed by atoms with Gasteiger partial charge in [-0.15, -0.1) is 0 Å². The third-order valence-electron chi connectivity index (χ3n) is 10.5. The van der Waals surface area contributed by atoms with Crippen LogP contribution in [0.5, 0.6) is 11.8 Å². The molecule has 15 heteroatoms. The molecule has 278 valence electrons. The topological polar surface area (TPSA) is 123 Å². The summed E-state index contributed by atoms with van der Waals surface area (Å²) in [7, 11) is 4.73. The van der Waals surface area contributed by atoms with Gasteiger partial charge in [-0.05, 0) is 75.6 Å². The number of aromatic nitrogens is 3. The van der Waals surface area contributed by atoms with E-state index in [-0.39, 0.29) is 82.8 Å². The second-order valence-electron chi connectivity index (χ2n) is 14.5. The summed E-state index contributed by atoms with van der Waals surface area (Å²) < 4.78 is 69.5. The fourth-order valence-electron chi connectivity index (χ4n) is 7.97. The van der Waals surface area contributed by atoms with Gasteiger partial charge in [-0.25, -0.2) is 18.0 Å². The summed E-state index contributed by atoms with van der Waals surface area (Å²) in [6, 6.07) is 5.26. The summed E-state index contributed by atoms with van der Waals surface area (Å²) in [4.78, 5) is 31.5. The van der Waals surface area contributed by atoms with E-state index >= 15 is 8.78 Å². The number of hydrogen-bond acceptors (Lipinski definition) is 11. The van der Waals surface area contributed by atoms with E-state index in [9.17, 15) is 14.3 Å². The molecule has 12 nitrogen and oxygen atoms in total. The van der Waals surface area contributed by atoms with E-state index in [1.54, 1.807) is 21.0 Å². The third-order valence-corrected chi connectivity index (χ3v) is 10.5. The lowest BCUT2D eigenvalue weighted by Crippen LogP contribution is -2.48. The summed E-state index contributed by atoms with van der Waals surface area (Å²) in [6.45, 7) is 3.71. The molecule has 2 aromatic heterocycles. The minimum atomic E-state index is -1.15. The van der Waals surface area contributed by atoms with Crippen molar-refractivity contribution in [1.82, 2.24) is 24.8 Å². The maximum Gasteiger partial charge on any atom is 0.409 e. The highest BCUT2D eigenvalue weighted by molar-refractivity contribution is 6.00. The largest absolute Gasteiger partial charge is 0.468 e. The van der Waals surface area contributed by atoms with Crippen LogP contribution < -0.4 is 14.4 Å².